The van der Waals surface area contributed by atoms with E-state index in [4.69, 9.17) is 9.47 Å². The van der Waals surface area contributed by atoms with Crippen LogP contribution in [0.4, 0.5) is 8.78 Å². The van der Waals surface area contributed by atoms with E-state index in [0.29, 0.717) is 24.7 Å². The lowest BCUT2D eigenvalue weighted by Crippen LogP contribution is -2.00. The lowest BCUT2D eigenvalue weighted by molar-refractivity contribution is 0.290. The molecule has 0 amide bonds. The second-order valence-corrected chi connectivity index (χ2v) is 11.3. The highest BCUT2D eigenvalue weighted by molar-refractivity contribution is 8.83. The molecule has 0 saturated heterocycles. The van der Waals surface area contributed by atoms with Crippen molar-refractivity contribution in [3.05, 3.63) is 71.3 Å². The molecule has 0 spiro atoms. The summed E-state index contributed by atoms with van der Waals surface area (Å²) in [7, 11) is 3.09. The first-order valence-corrected chi connectivity index (χ1v) is 15.4. The van der Waals surface area contributed by atoms with Crippen LogP contribution in [0.5, 0.6) is 11.5 Å². The van der Waals surface area contributed by atoms with Crippen molar-refractivity contribution in [2.45, 2.75) is 78.1 Å². The topological polar surface area (TPSA) is 18.5 Å². The van der Waals surface area contributed by atoms with Gasteiger partial charge >= 0.3 is 0 Å². The lowest BCUT2D eigenvalue weighted by atomic mass is 10.1. The molecule has 0 fully saturated rings. The Hall–Kier alpha value is -1.92. The number of ether oxygens (including phenoxy) is 2. The van der Waals surface area contributed by atoms with Crippen molar-refractivity contribution in [3.63, 3.8) is 0 Å². The number of benzene rings is 2. The van der Waals surface area contributed by atoms with Crippen molar-refractivity contribution in [2.24, 2.45) is 0 Å². The SMILES string of the molecule is CCCCCCCOc1ccc(C2=CC=C(c3ccc(OCCCCCCC)c(F)c3)SS2)cc1F. The van der Waals surface area contributed by atoms with Crippen LogP contribution < -0.4 is 9.47 Å². The normalized spacial score (nSPS) is 13.3. The van der Waals surface area contributed by atoms with Crippen LogP contribution in [0.25, 0.3) is 9.81 Å². The molecule has 0 aliphatic carbocycles. The fourth-order valence-corrected chi connectivity index (χ4v) is 6.23. The second-order valence-electron chi connectivity index (χ2n) is 9.04. The van der Waals surface area contributed by atoms with Gasteiger partial charge in [0.2, 0.25) is 0 Å². The zero-order chi connectivity index (χ0) is 25.6. The van der Waals surface area contributed by atoms with Crippen LogP contribution in [0.15, 0.2) is 48.6 Å². The van der Waals surface area contributed by atoms with Gasteiger partial charge in [0.15, 0.2) is 23.1 Å². The minimum Gasteiger partial charge on any atom is -0.491 e. The van der Waals surface area contributed by atoms with Gasteiger partial charge in [-0.15, -0.1) is 0 Å². The van der Waals surface area contributed by atoms with E-state index < -0.39 is 0 Å². The van der Waals surface area contributed by atoms with E-state index in [1.807, 2.05) is 24.3 Å². The van der Waals surface area contributed by atoms with Gasteiger partial charge in [-0.3, -0.25) is 0 Å². The van der Waals surface area contributed by atoms with Crippen LogP contribution in [-0.4, -0.2) is 13.2 Å². The highest BCUT2D eigenvalue weighted by atomic mass is 33.1. The fourth-order valence-electron chi connectivity index (χ4n) is 3.90. The minimum absolute atomic E-state index is 0.304. The monoisotopic (exact) mass is 532 g/mol. The molecule has 2 nitrogen and oxygen atoms in total. The first-order chi connectivity index (χ1) is 17.6. The van der Waals surface area contributed by atoms with E-state index in [1.54, 1.807) is 33.7 Å². The maximum atomic E-state index is 14.6. The number of allylic oxidation sites excluding steroid dienone is 2. The third-order valence-electron chi connectivity index (χ3n) is 6.05. The zero-order valence-corrected chi connectivity index (χ0v) is 23.1. The molecule has 0 aromatic heterocycles. The van der Waals surface area contributed by atoms with Crippen LogP contribution in [0, 0.1) is 11.6 Å². The van der Waals surface area contributed by atoms with Crippen LogP contribution in [0.1, 0.15) is 89.2 Å². The molecule has 0 N–H and O–H groups in total. The Bertz CT molecular complexity index is 939. The number of halogens is 2. The molecule has 3 rings (SSSR count). The van der Waals surface area contributed by atoms with Crippen LogP contribution in [-0.2, 0) is 0 Å². The maximum absolute atomic E-state index is 14.6. The summed E-state index contributed by atoms with van der Waals surface area (Å²) < 4.78 is 40.4. The van der Waals surface area contributed by atoms with E-state index >= 15 is 0 Å². The van der Waals surface area contributed by atoms with Crippen molar-refractivity contribution in [1.82, 2.24) is 0 Å². The average Bonchev–Trinajstić information content (AvgIpc) is 2.89. The van der Waals surface area contributed by atoms with E-state index in [-0.39, 0.29) is 11.6 Å². The summed E-state index contributed by atoms with van der Waals surface area (Å²) in [5, 5.41) is 0. The summed E-state index contributed by atoms with van der Waals surface area (Å²) in [6, 6.07) is 10.3. The smallest absolute Gasteiger partial charge is 0.165 e. The van der Waals surface area contributed by atoms with Gasteiger partial charge in [-0.25, -0.2) is 8.78 Å². The molecule has 0 radical (unpaired) electrons. The van der Waals surface area contributed by atoms with Crippen molar-refractivity contribution < 1.29 is 18.3 Å². The number of unbranched alkanes of at least 4 members (excludes halogenated alkanes) is 8. The van der Waals surface area contributed by atoms with E-state index in [0.717, 1.165) is 46.6 Å². The number of hydrogen-bond acceptors (Lipinski definition) is 4. The predicted octanol–water partition coefficient (Wildman–Crippen LogP) is 10.4. The molecule has 1 heterocycles. The summed E-state index contributed by atoms with van der Waals surface area (Å²) in [5.41, 5.74) is 1.62. The van der Waals surface area contributed by atoms with Crippen LogP contribution in [0.2, 0.25) is 0 Å². The van der Waals surface area contributed by atoms with E-state index in [9.17, 15) is 8.78 Å². The predicted molar refractivity (Wildman–Crippen MR) is 152 cm³/mol. The van der Waals surface area contributed by atoms with Crippen molar-refractivity contribution >= 4 is 31.4 Å². The minimum atomic E-state index is -0.342. The molecule has 0 unspecified atom stereocenters. The third-order valence-corrected chi connectivity index (χ3v) is 8.56. The fraction of sp³-hybridized carbons (Fsp3) is 0.467. The summed E-state index contributed by atoms with van der Waals surface area (Å²) in [4.78, 5) is 1.91. The molecule has 1 aliphatic rings. The van der Waals surface area contributed by atoms with Crippen LogP contribution in [0.3, 0.4) is 0 Å². The molecule has 0 atom stereocenters. The maximum Gasteiger partial charge on any atom is 0.165 e. The zero-order valence-electron chi connectivity index (χ0n) is 21.5. The number of rotatable bonds is 16. The lowest BCUT2D eigenvalue weighted by Gasteiger charge is -2.15. The first kappa shape index (κ1) is 28.6. The van der Waals surface area contributed by atoms with Crippen molar-refractivity contribution in [3.8, 4) is 11.5 Å². The summed E-state index contributed by atoms with van der Waals surface area (Å²) in [5.74, 6) is -0.0766. The molecule has 196 valence electrons. The Kier molecular flexibility index (Phi) is 12.8. The Morgan fingerprint density at radius 1 is 0.583 bits per heavy atom. The average molecular weight is 533 g/mol. The first-order valence-electron chi connectivity index (χ1n) is 13.2. The molecule has 0 bridgehead atoms. The summed E-state index contributed by atoms with van der Waals surface area (Å²) >= 11 is 0. The van der Waals surface area contributed by atoms with Gasteiger partial charge in [0.05, 0.1) is 13.2 Å². The highest BCUT2D eigenvalue weighted by Gasteiger charge is 2.15. The Morgan fingerprint density at radius 2 is 1.00 bits per heavy atom. The van der Waals surface area contributed by atoms with Gasteiger partial charge in [-0.2, -0.15) is 0 Å². The van der Waals surface area contributed by atoms with E-state index in [2.05, 4.69) is 13.8 Å². The summed E-state index contributed by atoms with van der Waals surface area (Å²) in [6.07, 6.45) is 15.3. The summed E-state index contributed by atoms with van der Waals surface area (Å²) in [6.45, 7) is 5.45. The van der Waals surface area contributed by atoms with E-state index in [1.165, 1.54) is 50.7 Å². The quantitative estimate of drug-likeness (QED) is 0.158. The van der Waals surface area contributed by atoms with Gasteiger partial charge in [0.1, 0.15) is 0 Å². The number of hydrogen-bond donors (Lipinski definition) is 0. The molecule has 36 heavy (non-hydrogen) atoms. The Balaban J connectivity index is 1.53. The standard InChI is InChI=1S/C30H38F2O2S2/c1-3-5-7-9-11-19-33-27-15-13-23(21-25(27)31)29-17-18-30(36-35-29)24-14-16-28(26(32)22-24)34-20-12-10-8-6-4-2/h13-18,21-22H,3-12,19-20H2,1-2H3. The van der Waals surface area contributed by atoms with Gasteiger partial charge in [-0.1, -0.05) is 86.8 Å². The largest absolute Gasteiger partial charge is 0.491 e. The molecular weight excluding hydrogens is 494 g/mol. The molecule has 2 aromatic carbocycles. The molecule has 0 saturated carbocycles. The van der Waals surface area contributed by atoms with Crippen molar-refractivity contribution in [1.29, 1.82) is 0 Å². The molecule has 6 heteroatoms. The highest BCUT2D eigenvalue weighted by Crippen LogP contribution is 2.49. The molecule has 1 aliphatic heterocycles. The van der Waals surface area contributed by atoms with Crippen LogP contribution >= 0.6 is 21.6 Å². The second kappa shape index (κ2) is 16.0. The van der Waals surface area contributed by atoms with Gasteiger partial charge in [0.25, 0.3) is 0 Å². The van der Waals surface area contributed by atoms with Gasteiger partial charge in [0, 0.05) is 9.81 Å². The Morgan fingerprint density at radius 3 is 1.36 bits per heavy atom. The molecule has 2 aromatic rings. The third kappa shape index (κ3) is 9.19. The van der Waals surface area contributed by atoms with Gasteiger partial charge < -0.3 is 9.47 Å². The van der Waals surface area contributed by atoms with Gasteiger partial charge in [-0.05, 0) is 72.5 Å². The Labute approximate surface area is 223 Å². The molecular formula is C30H38F2O2S2. The van der Waals surface area contributed by atoms with Crippen molar-refractivity contribution in [2.75, 3.05) is 13.2 Å².